The minimum atomic E-state index is -4.90. The van der Waals surface area contributed by atoms with E-state index in [9.17, 15) is 25.9 Å². The van der Waals surface area contributed by atoms with Crippen molar-refractivity contribution in [3.8, 4) is 22.3 Å². The van der Waals surface area contributed by atoms with Gasteiger partial charge in [-0.2, -0.15) is 16.8 Å². The van der Waals surface area contributed by atoms with Crippen LogP contribution in [0.15, 0.2) is 58.3 Å². The predicted molar refractivity (Wildman–Crippen MR) is 105 cm³/mol. The minimum absolute atomic E-state index is 0.0512. The summed E-state index contributed by atoms with van der Waals surface area (Å²) in [6.45, 7) is 0. The molecule has 8 nitrogen and oxygen atoms in total. The van der Waals surface area contributed by atoms with Crippen molar-refractivity contribution in [3.63, 3.8) is 0 Å². The maximum atomic E-state index is 12.4. The van der Waals surface area contributed by atoms with Crippen LogP contribution in [-0.4, -0.2) is 35.3 Å². The van der Waals surface area contributed by atoms with Crippen molar-refractivity contribution in [1.82, 2.24) is 9.38 Å². The number of hydrogen-bond acceptors (Lipinski definition) is 5. The number of benzene rings is 3. The van der Waals surface area contributed by atoms with Crippen molar-refractivity contribution in [2.45, 2.75) is 9.79 Å². The molecule has 8 rings (SSSR count). The van der Waals surface area contributed by atoms with Crippen molar-refractivity contribution in [2.24, 2.45) is 0 Å². The van der Waals surface area contributed by atoms with E-state index in [4.69, 9.17) is 0 Å². The second kappa shape index (κ2) is 4.92. The van der Waals surface area contributed by atoms with Gasteiger partial charge in [0.15, 0.2) is 0 Å². The number of rotatable bonds is 2. The molecule has 3 aromatic heterocycles. The lowest BCUT2D eigenvalue weighted by Gasteiger charge is -2.15. The average molecular weight is 426 g/mol. The lowest BCUT2D eigenvalue weighted by molar-refractivity contribution is 0.483. The Balaban J connectivity index is 2.09. The molecule has 2 aliphatic rings. The standard InChI is InChI=1S/C19H10N2O6S2/c22-28(23,24)17-13-9-1-3-10(4-2-9)14(17)18(29(25,26)27)15-16(13)21-12-7-5-11(6-8-12)19(21)20-15/h1-8H,(H,22,23,24)(H,25,26,27). The second-order valence-electron chi connectivity index (χ2n) is 6.95. The molecule has 2 N–H and O–H groups in total. The van der Waals surface area contributed by atoms with Crippen LogP contribution in [0.5, 0.6) is 0 Å². The molecular weight excluding hydrogens is 416 g/mol. The summed E-state index contributed by atoms with van der Waals surface area (Å²) in [6, 6.07) is 13.6. The van der Waals surface area contributed by atoms with E-state index in [0.717, 1.165) is 0 Å². The van der Waals surface area contributed by atoms with E-state index in [2.05, 4.69) is 4.98 Å². The number of nitrogens with zero attached hydrogens (tertiary/aromatic N) is 2. The third kappa shape index (κ3) is 2.01. The summed E-state index contributed by atoms with van der Waals surface area (Å²) in [5.41, 5.74) is 1.81. The molecule has 3 aromatic carbocycles. The Labute approximate surface area is 163 Å². The summed E-state index contributed by atoms with van der Waals surface area (Å²) in [6.07, 6.45) is 0. The number of imidazole rings is 1. The summed E-state index contributed by atoms with van der Waals surface area (Å²) in [4.78, 5) is 3.28. The Morgan fingerprint density at radius 3 is 1.83 bits per heavy atom. The van der Waals surface area contributed by atoms with Crippen molar-refractivity contribution < 1.29 is 25.9 Å². The Morgan fingerprint density at radius 2 is 1.28 bits per heavy atom. The minimum Gasteiger partial charge on any atom is -0.292 e. The van der Waals surface area contributed by atoms with E-state index < -0.39 is 30.0 Å². The molecule has 0 spiro atoms. The summed E-state index contributed by atoms with van der Waals surface area (Å²) < 4.78 is 71.5. The summed E-state index contributed by atoms with van der Waals surface area (Å²) in [5, 5.41) is 0.712. The highest BCUT2D eigenvalue weighted by molar-refractivity contribution is 7.87. The molecule has 0 fully saturated rings. The first kappa shape index (κ1) is 16.9. The van der Waals surface area contributed by atoms with E-state index in [1.807, 2.05) is 12.1 Å². The Hall–Kier alpha value is -3.05. The van der Waals surface area contributed by atoms with Gasteiger partial charge in [-0.05, 0) is 35.4 Å². The smallest absolute Gasteiger partial charge is 0.292 e. The van der Waals surface area contributed by atoms with Crippen LogP contribution in [0.1, 0.15) is 0 Å². The van der Waals surface area contributed by atoms with Crippen molar-refractivity contribution in [2.75, 3.05) is 0 Å². The summed E-state index contributed by atoms with van der Waals surface area (Å²) >= 11 is 0. The van der Waals surface area contributed by atoms with Crippen LogP contribution in [0, 0.1) is 0 Å². The van der Waals surface area contributed by atoms with Gasteiger partial charge in [0.25, 0.3) is 20.2 Å². The van der Waals surface area contributed by atoms with Crippen LogP contribution < -0.4 is 0 Å². The van der Waals surface area contributed by atoms with E-state index in [1.165, 1.54) is 0 Å². The maximum Gasteiger partial charge on any atom is 0.297 e. The maximum absolute atomic E-state index is 12.4. The molecular formula is C19H10N2O6S2. The third-order valence-corrected chi connectivity index (χ3v) is 7.21. The predicted octanol–water partition coefficient (Wildman–Crippen LogP) is 3.22. The zero-order chi connectivity index (χ0) is 20.3. The quantitative estimate of drug-likeness (QED) is 0.407. The largest absolute Gasteiger partial charge is 0.297 e. The Bertz CT molecular complexity index is 1710. The van der Waals surface area contributed by atoms with Crippen LogP contribution in [0.4, 0.5) is 0 Å². The first-order chi connectivity index (χ1) is 13.7. The van der Waals surface area contributed by atoms with Gasteiger partial charge in [-0.15, -0.1) is 0 Å². The molecule has 144 valence electrons. The van der Waals surface area contributed by atoms with E-state index in [-0.39, 0.29) is 27.7 Å². The molecule has 0 saturated carbocycles. The second-order valence-corrected chi connectivity index (χ2v) is 9.67. The van der Waals surface area contributed by atoms with Crippen LogP contribution >= 0.6 is 0 Å². The Morgan fingerprint density at radius 1 is 0.724 bits per heavy atom. The monoisotopic (exact) mass is 426 g/mol. The van der Waals surface area contributed by atoms with Crippen molar-refractivity contribution >= 4 is 47.8 Å². The lowest BCUT2D eigenvalue weighted by atomic mass is 10.0. The van der Waals surface area contributed by atoms with Crippen molar-refractivity contribution in [1.29, 1.82) is 0 Å². The van der Waals surface area contributed by atoms with E-state index >= 15 is 0 Å². The SMILES string of the molecule is O=S(=O)(O)c1c2c(S(=O)(=O)O)c3nc4c5ccc(cc5)n4c3c1-c1ccc-2cc1. The molecule has 0 saturated heterocycles. The van der Waals surface area contributed by atoms with Crippen LogP contribution in [0.2, 0.25) is 0 Å². The van der Waals surface area contributed by atoms with Crippen LogP contribution in [-0.2, 0) is 20.2 Å². The Kier molecular flexibility index (Phi) is 2.86. The van der Waals surface area contributed by atoms with Crippen molar-refractivity contribution in [3.05, 3.63) is 48.5 Å². The van der Waals surface area contributed by atoms with Gasteiger partial charge < -0.3 is 0 Å². The molecule has 0 aliphatic heterocycles. The zero-order valence-corrected chi connectivity index (χ0v) is 16.0. The van der Waals surface area contributed by atoms with Gasteiger partial charge in [-0.3, -0.25) is 13.5 Å². The van der Waals surface area contributed by atoms with Crippen LogP contribution in [0.3, 0.4) is 0 Å². The highest BCUT2D eigenvalue weighted by Gasteiger charge is 2.37. The average Bonchev–Trinajstić information content (AvgIpc) is 2.97. The normalized spacial score (nSPS) is 13.7. The van der Waals surface area contributed by atoms with Crippen LogP contribution in [0.25, 0.3) is 49.8 Å². The molecule has 2 aliphatic carbocycles. The van der Waals surface area contributed by atoms with E-state index in [0.29, 0.717) is 22.1 Å². The van der Waals surface area contributed by atoms with Gasteiger partial charge in [0.05, 0.1) is 5.52 Å². The van der Waals surface area contributed by atoms with Gasteiger partial charge in [0.2, 0.25) is 0 Å². The van der Waals surface area contributed by atoms with E-state index in [1.54, 1.807) is 40.8 Å². The topological polar surface area (TPSA) is 126 Å². The highest BCUT2D eigenvalue weighted by Crippen LogP contribution is 2.49. The number of aromatic nitrogens is 2. The summed E-state index contributed by atoms with van der Waals surface area (Å²) in [7, 11) is -9.76. The molecule has 0 unspecified atom stereocenters. The fraction of sp³-hybridized carbons (Fsp3) is 0. The van der Waals surface area contributed by atoms with Gasteiger partial charge in [-0.1, -0.05) is 24.3 Å². The first-order valence-corrected chi connectivity index (χ1v) is 11.3. The number of hydrogen-bond donors (Lipinski definition) is 2. The first-order valence-electron chi connectivity index (χ1n) is 8.45. The van der Waals surface area contributed by atoms with Gasteiger partial charge in [0.1, 0.15) is 21.0 Å². The molecule has 3 heterocycles. The number of fused-ring (bicyclic) bond motifs is 5. The molecule has 0 radical (unpaired) electrons. The molecule has 0 atom stereocenters. The molecule has 0 amide bonds. The third-order valence-electron chi connectivity index (χ3n) is 5.37. The highest BCUT2D eigenvalue weighted by atomic mass is 32.2. The van der Waals surface area contributed by atoms with Gasteiger partial charge in [0, 0.05) is 22.0 Å². The fourth-order valence-electron chi connectivity index (χ4n) is 4.31. The molecule has 6 bridgehead atoms. The molecule has 6 aromatic rings. The molecule has 10 heteroatoms. The number of pyridine rings is 2. The fourth-order valence-corrected chi connectivity index (χ4v) is 6.19. The van der Waals surface area contributed by atoms with Gasteiger partial charge >= 0.3 is 0 Å². The lowest BCUT2D eigenvalue weighted by Crippen LogP contribution is -2.10. The molecule has 29 heavy (non-hydrogen) atoms. The zero-order valence-electron chi connectivity index (χ0n) is 14.4. The summed E-state index contributed by atoms with van der Waals surface area (Å²) in [5.74, 6) is 0. The van der Waals surface area contributed by atoms with Gasteiger partial charge in [-0.25, -0.2) is 4.98 Å².